The van der Waals surface area contributed by atoms with Crippen molar-refractivity contribution in [3.8, 4) is 11.1 Å². The fraction of sp³-hybridized carbons (Fsp3) is 0.192. The maximum atomic E-state index is 4.70. The molecule has 3 nitrogen and oxygen atoms in total. The summed E-state index contributed by atoms with van der Waals surface area (Å²) in [6.07, 6.45) is 4.00. The van der Waals surface area contributed by atoms with Crippen LogP contribution in [-0.4, -0.2) is 42.3 Å². The van der Waals surface area contributed by atoms with Crippen LogP contribution >= 0.6 is 15.9 Å². The zero-order valence-corrected chi connectivity index (χ0v) is 18.4. The SMILES string of the molecule is Br/C(C=NN1CCN(C2c3ccccc3-c3ccccc32)CC1)=C\c1ccccc1. The molecule has 0 amide bonds. The van der Waals surface area contributed by atoms with Crippen molar-refractivity contribution < 1.29 is 0 Å². The lowest BCUT2D eigenvalue weighted by atomic mass is 10.0. The molecule has 4 heteroatoms. The van der Waals surface area contributed by atoms with Crippen molar-refractivity contribution >= 4 is 28.2 Å². The summed E-state index contributed by atoms with van der Waals surface area (Å²) in [5, 5.41) is 6.87. The Kier molecular flexibility index (Phi) is 5.52. The van der Waals surface area contributed by atoms with E-state index in [2.05, 4.69) is 92.6 Å². The Labute approximate surface area is 186 Å². The molecule has 2 aliphatic rings. The minimum atomic E-state index is 0.355. The second kappa shape index (κ2) is 8.58. The molecule has 30 heavy (non-hydrogen) atoms. The number of rotatable bonds is 4. The Morgan fingerprint density at radius 3 is 1.97 bits per heavy atom. The van der Waals surface area contributed by atoms with Gasteiger partial charge in [0.25, 0.3) is 0 Å². The van der Waals surface area contributed by atoms with E-state index < -0.39 is 0 Å². The number of hydrogen-bond acceptors (Lipinski definition) is 3. The van der Waals surface area contributed by atoms with Crippen LogP contribution in [-0.2, 0) is 0 Å². The van der Waals surface area contributed by atoms with Crippen molar-refractivity contribution in [2.45, 2.75) is 6.04 Å². The Morgan fingerprint density at radius 1 is 0.767 bits per heavy atom. The summed E-state index contributed by atoms with van der Waals surface area (Å²) >= 11 is 3.62. The summed E-state index contributed by atoms with van der Waals surface area (Å²) in [6, 6.07) is 28.3. The zero-order chi connectivity index (χ0) is 20.3. The van der Waals surface area contributed by atoms with Crippen LogP contribution in [0.25, 0.3) is 17.2 Å². The first-order valence-electron chi connectivity index (χ1n) is 10.4. The third-order valence-electron chi connectivity index (χ3n) is 5.91. The van der Waals surface area contributed by atoms with Gasteiger partial charge in [0.1, 0.15) is 0 Å². The molecule has 1 aliphatic heterocycles. The molecular weight excluding hydrogens is 434 g/mol. The fourth-order valence-electron chi connectivity index (χ4n) is 4.49. The lowest BCUT2D eigenvalue weighted by Gasteiger charge is -2.37. The summed E-state index contributed by atoms with van der Waals surface area (Å²) in [6.45, 7) is 3.88. The number of benzene rings is 3. The van der Waals surface area contributed by atoms with Crippen molar-refractivity contribution in [3.63, 3.8) is 0 Å². The largest absolute Gasteiger partial charge is 0.294 e. The van der Waals surface area contributed by atoms with Crippen molar-refractivity contribution in [1.29, 1.82) is 0 Å². The molecule has 150 valence electrons. The molecule has 0 bridgehead atoms. The lowest BCUT2D eigenvalue weighted by molar-refractivity contribution is 0.114. The molecule has 1 saturated heterocycles. The van der Waals surface area contributed by atoms with E-state index in [9.17, 15) is 0 Å². The van der Waals surface area contributed by atoms with Gasteiger partial charge in [0, 0.05) is 30.7 Å². The lowest BCUT2D eigenvalue weighted by Crippen LogP contribution is -2.45. The quantitative estimate of drug-likeness (QED) is 0.461. The van der Waals surface area contributed by atoms with Crippen LogP contribution in [0.2, 0.25) is 0 Å². The standard InChI is InChI=1S/C26H24BrN3/c27-21(18-20-8-2-1-3-9-20)19-28-30-16-14-29(15-17-30)26-24-12-6-4-10-22(24)23-11-5-7-13-25(23)26/h1-13,18-19,26H,14-17H2/b21-18-,28-19?. The van der Waals surface area contributed by atoms with Crippen molar-refractivity contribution in [2.75, 3.05) is 26.2 Å². The first kappa shape index (κ1) is 19.3. The first-order chi connectivity index (χ1) is 14.8. The van der Waals surface area contributed by atoms with E-state index in [1.807, 2.05) is 24.4 Å². The van der Waals surface area contributed by atoms with Gasteiger partial charge in [-0.25, -0.2) is 0 Å². The molecule has 0 radical (unpaired) electrons. The van der Waals surface area contributed by atoms with Crippen molar-refractivity contribution in [3.05, 3.63) is 100 Å². The van der Waals surface area contributed by atoms with E-state index in [-0.39, 0.29) is 0 Å². The van der Waals surface area contributed by atoms with Crippen LogP contribution in [0.3, 0.4) is 0 Å². The Bertz CT molecular complexity index is 1040. The number of hydrogen-bond donors (Lipinski definition) is 0. The second-order valence-electron chi connectivity index (χ2n) is 7.75. The number of allylic oxidation sites excluding steroid dienone is 1. The third kappa shape index (κ3) is 3.85. The average molecular weight is 458 g/mol. The molecule has 0 aromatic heterocycles. The maximum absolute atomic E-state index is 4.70. The zero-order valence-electron chi connectivity index (χ0n) is 16.8. The average Bonchev–Trinajstić information content (AvgIpc) is 3.13. The number of fused-ring (bicyclic) bond motifs is 3. The van der Waals surface area contributed by atoms with Crippen LogP contribution in [0.4, 0.5) is 0 Å². The first-order valence-corrected chi connectivity index (χ1v) is 11.2. The molecule has 1 fully saturated rings. The van der Waals surface area contributed by atoms with Crippen LogP contribution in [0.5, 0.6) is 0 Å². The maximum Gasteiger partial charge on any atom is 0.0615 e. The van der Waals surface area contributed by atoms with Crippen LogP contribution < -0.4 is 0 Å². The molecule has 1 heterocycles. The minimum Gasteiger partial charge on any atom is -0.294 e. The van der Waals surface area contributed by atoms with Gasteiger partial charge in [-0.15, -0.1) is 0 Å². The monoisotopic (exact) mass is 457 g/mol. The molecule has 0 N–H and O–H groups in total. The highest BCUT2D eigenvalue weighted by atomic mass is 79.9. The molecule has 5 rings (SSSR count). The summed E-state index contributed by atoms with van der Waals surface area (Å²) in [7, 11) is 0. The highest BCUT2D eigenvalue weighted by Gasteiger charge is 2.33. The van der Waals surface area contributed by atoms with E-state index in [0.29, 0.717) is 6.04 Å². The van der Waals surface area contributed by atoms with Crippen molar-refractivity contribution in [1.82, 2.24) is 9.91 Å². The van der Waals surface area contributed by atoms with Gasteiger partial charge in [-0.2, -0.15) is 5.10 Å². The van der Waals surface area contributed by atoms with Gasteiger partial charge in [-0.1, -0.05) is 78.9 Å². The minimum absolute atomic E-state index is 0.355. The summed E-state index contributed by atoms with van der Waals surface area (Å²) in [5.41, 5.74) is 6.80. The molecule has 0 unspecified atom stereocenters. The van der Waals surface area contributed by atoms with Gasteiger partial charge in [-0.3, -0.25) is 9.91 Å². The van der Waals surface area contributed by atoms with E-state index in [4.69, 9.17) is 5.10 Å². The molecular formula is C26H24BrN3. The normalized spacial score (nSPS) is 17.4. The summed E-state index contributed by atoms with van der Waals surface area (Å²) in [4.78, 5) is 2.60. The highest BCUT2D eigenvalue weighted by Crippen LogP contribution is 2.46. The fourth-order valence-corrected chi connectivity index (χ4v) is 4.85. The van der Waals surface area contributed by atoms with Gasteiger partial charge in [0.2, 0.25) is 0 Å². The second-order valence-corrected chi connectivity index (χ2v) is 8.67. The van der Waals surface area contributed by atoms with Gasteiger partial charge in [0.15, 0.2) is 0 Å². The van der Waals surface area contributed by atoms with Crippen LogP contribution in [0, 0.1) is 0 Å². The molecule has 3 aromatic rings. The number of halogens is 1. The molecule has 0 atom stereocenters. The highest BCUT2D eigenvalue weighted by molar-refractivity contribution is 9.12. The molecule has 0 spiro atoms. The topological polar surface area (TPSA) is 18.8 Å². The Balaban J connectivity index is 1.27. The van der Waals surface area contributed by atoms with Gasteiger partial charge in [-0.05, 0) is 49.8 Å². The third-order valence-corrected chi connectivity index (χ3v) is 6.34. The molecule has 0 saturated carbocycles. The Hall–Kier alpha value is -2.69. The predicted molar refractivity (Wildman–Crippen MR) is 129 cm³/mol. The van der Waals surface area contributed by atoms with E-state index in [1.165, 1.54) is 27.8 Å². The summed E-state index contributed by atoms with van der Waals surface area (Å²) in [5.74, 6) is 0. The van der Waals surface area contributed by atoms with Crippen molar-refractivity contribution in [2.24, 2.45) is 5.10 Å². The molecule has 3 aromatic carbocycles. The van der Waals surface area contributed by atoms with E-state index in [1.54, 1.807) is 0 Å². The van der Waals surface area contributed by atoms with E-state index >= 15 is 0 Å². The van der Waals surface area contributed by atoms with Gasteiger partial charge in [0.05, 0.1) is 12.3 Å². The number of piperazine rings is 1. The number of hydrazone groups is 1. The predicted octanol–water partition coefficient (Wildman–Crippen LogP) is 5.80. The Morgan fingerprint density at radius 2 is 1.33 bits per heavy atom. The van der Waals surface area contributed by atoms with E-state index in [0.717, 1.165) is 30.7 Å². The van der Waals surface area contributed by atoms with Gasteiger partial charge >= 0.3 is 0 Å². The number of nitrogens with zero attached hydrogens (tertiary/aromatic N) is 3. The smallest absolute Gasteiger partial charge is 0.0615 e. The van der Waals surface area contributed by atoms with Crippen LogP contribution in [0.1, 0.15) is 22.7 Å². The summed E-state index contributed by atoms with van der Waals surface area (Å²) < 4.78 is 0.981. The molecule has 1 aliphatic carbocycles. The van der Waals surface area contributed by atoms with Crippen LogP contribution in [0.15, 0.2) is 88.4 Å². The van der Waals surface area contributed by atoms with Gasteiger partial charge < -0.3 is 0 Å².